The van der Waals surface area contributed by atoms with E-state index in [1.807, 2.05) is 54.3 Å². The number of allylic oxidation sites excluding steroid dienone is 1. The van der Waals surface area contributed by atoms with Gasteiger partial charge >= 0.3 is 0 Å². The zero-order valence-electron chi connectivity index (χ0n) is 25.6. The quantitative estimate of drug-likeness (QED) is 0.232. The Morgan fingerprint density at radius 1 is 0.932 bits per heavy atom. The van der Waals surface area contributed by atoms with Gasteiger partial charge in [0.15, 0.2) is 0 Å². The molecule has 230 valence electrons. The number of piperidine rings is 1. The number of likely N-dealkylation sites (tertiary alicyclic amines) is 1. The summed E-state index contributed by atoms with van der Waals surface area (Å²) in [6.07, 6.45) is 1.48. The lowest BCUT2D eigenvalue weighted by molar-refractivity contribution is -0.135. The number of carbonyl (C=O) groups excluding carboxylic acids is 1. The first-order valence-corrected chi connectivity index (χ1v) is 15.4. The maximum absolute atomic E-state index is 14.1. The molecule has 0 N–H and O–H groups in total. The third-order valence-electron chi connectivity index (χ3n) is 8.49. The second-order valence-electron chi connectivity index (χ2n) is 11.6. The SMILES string of the molecule is C=C1N=C(CCc2ccccc2)N(CC(=O)N(Cc2ccc(-c3ccc(C(F)F)cc3)cc2)C2CCN(C)CC2)N=C1CC. The van der Waals surface area contributed by atoms with Crippen LogP contribution in [0.4, 0.5) is 8.78 Å². The van der Waals surface area contributed by atoms with Crippen molar-refractivity contribution in [2.75, 3.05) is 26.7 Å². The molecule has 2 heterocycles. The normalized spacial score (nSPS) is 16.2. The number of aryl methyl sites for hydroxylation is 1. The molecule has 0 saturated carbocycles. The molecular weight excluding hydrogens is 556 g/mol. The first-order chi connectivity index (χ1) is 21.3. The summed E-state index contributed by atoms with van der Waals surface area (Å²) in [4.78, 5) is 23.2. The van der Waals surface area contributed by atoms with Crippen molar-refractivity contribution in [2.24, 2.45) is 10.1 Å². The number of benzene rings is 3. The zero-order valence-corrected chi connectivity index (χ0v) is 25.6. The highest BCUT2D eigenvalue weighted by molar-refractivity contribution is 6.05. The van der Waals surface area contributed by atoms with E-state index in [1.54, 1.807) is 17.1 Å². The fourth-order valence-electron chi connectivity index (χ4n) is 5.79. The number of hydrogen-bond donors (Lipinski definition) is 0. The Bertz CT molecular complexity index is 1480. The minimum absolute atomic E-state index is 0.0133. The van der Waals surface area contributed by atoms with Gasteiger partial charge in [-0.25, -0.2) is 18.8 Å². The topological polar surface area (TPSA) is 51.5 Å². The number of hydrazone groups is 1. The summed E-state index contributed by atoms with van der Waals surface area (Å²) < 4.78 is 26.0. The number of amidine groups is 1. The number of nitrogens with zero attached hydrogens (tertiary/aromatic N) is 5. The van der Waals surface area contributed by atoms with Gasteiger partial charge in [-0.05, 0) is 68.1 Å². The van der Waals surface area contributed by atoms with Crippen molar-refractivity contribution in [3.63, 3.8) is 0 Å². The third kappa shape index (κ3) is 7.85. The van der Waals surface area contributed by atoms with Crippen LogP contribution in [0, 0.1) is 0 Å². The summed E-state index contributed by atoms with van der Waals surface area (Å²) in [6.45, 7) is 8.62. The van der Waals surface area contributed by atoms with E-state index < -0.39 is 6.43 Å². The second-order valence-corrected chi connectivity index (χ2v) is 11.6. The molecule has 5 rings (SSSR count). The lowest BCUT2D eigenvalue weighted by Gasteiger charge is -2.38. The van der Waals surface area contributed by atoms with E-state index in [2.05, 4.69) is 30.7 Å². The molecule has 0 spiro atoms. The highest BCUT2D eigenvalue weighted by Gasteiger charge is 2.30. The van der Waals surface area contributed by atoms with Gasteiger partial charge in [-0.3, -0.25) is 4.79 Å². The van der Waals surface area contributed by atoms with Crippen molar-refractivity contribution in [1.29, 1.82) is 0 Å². The number of alkyl halides is 2. The molecule has 0 bridgehead atoms. The highest BCUT2D eigenvalue weighted by atomic mass is 19.3. The summed E-state index contributed by atoms with van der Waals surface area (Å²) in [5, 5.41) is 6.63. The molecule has 0 radical (unpaired) electrons. The molecule has 44 heavy (non-hydrogen) atoms. The second kappa shape index (κ2) is 14.5. The average Bonchev–Trinajstić information content (AvgIpc) is 3.05. The number of hydrogen-bond acceptors (Lipinski definition) is 5. The van der Waals surface area contributed by atoms with Crippen LogP contribution in [-0.4, -0.2) is 65.0 Å². The molecule has 0 atom stereocenters. The highest BCUT2D eigenvalue weighted by Crippen LogP contribution is 2.26. The predicted octanol–water partition coefficient (Wildman–Crippen LogP) is 7.34. The van der Waals surface area contributed by atoms with Gasteiger partial charge in [0, 0.05) is 24.6 Å². The van der Waals surface area contributed by atoms with E-state index in [0.717, 1.165) is 60.6 Å². The van der Waals surface area contributed by atoms with Gasteiger partial charge in [-0.1, -0.05) is 92.4 Å². The van der Waals surface area contributed by atoms with Gasteiger partial charge in [-0.2, -0.15) is 5.10 Å². The van der Waals surface area contributed by atoms with E-state index >= 15 is 0 Å². The predicted molar refractivity (Wildman–Crippen MR) is 174 cm³/mol. The largest absolute Gasteiger partial charge is 0.334 e. The number of amides is 1. The van der Waals surface area contributed by atoms with Crippen molar-refractivity contribution < 1.29 is 13.6 Å². The number of aliphatic imine (C=N–C) groups is 1. The van der Waals surface area contributed by atoms with Crippen LogP contribution < -0.4 is 0 Å². The summed E-state index contributed by atoms with van der Waals surface area (Å²) in [7, 11) is 2.12. The Morgan fingerprint density at radius 2 is 1.57 bits per heavy atom. The minimum atomic E-state index is -2.48. The van der Waals surface area contributed by atoms with Gasteiger partial charge in [0.25, 0.3) is 6.43 Å². The van der Waals surface area contributed by atoms with Crippen LogP contribution in [0.25, 0.3) is 11.1 Å². The standard InChI is InChI=1S/C36H41F2N5O/c1-4-33-26(2)39-34(19-12-27-8-6-5-7-9-27)43(40-33)25-35(44)42(32-20-22-41(3)23-21-32)24-28-10-13-29(14-11-28)30-15-17-31(18-16-30)36(37)38/h5-11,13-18,32,36H,2,4,12,19-25H2,1,3H3. The molecule has 1 amide bonds. The molecule has 6 nitrogen and oxygen atoms in total. The number of halogens is 2. The third-order valence-corrected chi connectivity index (χ3v) is 8.49. The molecule has 0 unspecified atom stereocenters. The molecule has 8 heteroatoms. The summed E-state index contributed by atoms with van der Waals surface area (Å²) in [5.41, 5.74) is 5.52. The van der Waals surface area contributed by atoms with E-state index in [1.165, 1.54) is 17.7 Å². The van der Waals surface area contributed by atoms with Crippen molar-refractivity contribution in [3.8, 4) is 11.1 Å². The van der Waals surface area contributed by atoms with Crippen LogP contribution in [0.1, 0.15) is 55.7 Å². The van der Waals surface area contributed by atoms with Crippen molar-refractivity contribution >= 4 is 17.5 Å². The Morgan fingerprint density at radius 3 is 2.18 bits per heavy atom. The monoisotopic (exact) mass is 597 g/mol. The van der Waals surface area contributed by atoms with Gasteiger partial charge in [0.2, 0.25) is 5.91 Å². The fourth-order valence-corrected chi connectivity index (χ4v) is 5.79. The molecular formula is C36H41F2N5O. The van der Waals surface area contributed by atoms with E-state index in [4.69, 9.17) is 10.1 Å². The smallest absolute Gasteiger partial charge is 0.263 e. The van der Waals surface area contributed by atoms with Gasteiger partial charge < -0.3 is 9.80 Å². The fraction of sp³-hybridized carbons (Fsp3) is 0.361. The van der Waals surface area contributed by atoms with Crippen LogP contribution in [0.2, 0.25) is 0 Å². The molecule has 3 aromatic rings. The molecule has 0 aromatic heterocycles. The van der Waals surface area contributed by atoms with Crippen molar-refractivity contribution in [3.05, 3.63) is 108 Å². The maximum Gasteiger partial charge on any atom is 0.263 e. The Balaban J connectivity index is 1.33. The summed E-state index contributed by atoms with van der Waals surface area (Å²) >= 11 is 0. The van der Waals surface area contributed by atoms with Crippen LogP contribution in [-0.2, 0) is 17.8 Å². The first-order valence-electron chi connectivity index (χ1n) is 15.4. The van der Waals surface area contributed by atoms with Gasteiger partial charge in [0.1, 0.15) is 12.4 Å². The van der Waals surface area contributed by atoms with Crippen molar-refractivity contribution in [1.82, 2.24) is 14.8 Å². The molecule has 2 aliphatic rings. The average molecular weight is 598 g/mol. The van der Waals surface area contributed by atoms with Crippen LogP contribution in [0.15, 0.2) is 101 Å². The van der Waals surface area contributed by atoms with Gasteiger partial charge in [0.05, 0.1) is 11.4 Å². The van der Waals surface area contributed by atoms with Crippen molar-refractivity contribution in [2.45, 2.75) is 58.0 Å². The van der Waals surface area contributed by atoms with Crippen LogP contribution in [0.3, 0.4) is 0 Å². The summed E-state index contributed by atoms with van der Waals surface area (Å²) in [5.74, 6) is 0.778. The van der Waals surface area contributed by atoms with E-state index in [0.29, 0.717) is 25.1 Å². The first kappa shape index (κ1) is 31.3. The number of carbonyl (C=O) groups is 1. The Labute approximate surface area is 259 Å². The Hall–Kier alpha value is -4.17. The van der Waals surface area contributed by atoms with Gasteiger partial charge in [-0.15, -0.1) is 0 Å². The maximum atomic E-state index is 14.1. The minimum Gasteiger partial charge on any atom is -0.334 e. The molecule has 2 aliphatic heterocycles. The van der Waals surface area contributed by atoms with Crippen LogP contribution >= 0.6 is 0 Å². The molecule has 1 fully saturated rings. The lowest BCUT2D eigenvalue weighted by atomic mass is 10.0. The Kier molecular flexibility index (Phi) is 10.3. The van der Waals surface area contributed by atoms with E-state index in [9.17, 15) is 13.6 Å². The number of rotatable bonds is 11. The molecule has 1 saturated heterocycles. The van der Waals surface area contributed by atoms with Crippen LogP contribution in [0.5, 0.6) is 0 Å². The lowest BCUT2D eigenvalue weighted by Crippen LogP contribution is -2.49. The molecule has 3 aromatic carbocycles. The zero-order chi connectivity index (χ0) is 31.1. The molecule has 0 aliphatic carbocycles. The van der Waals surface area contributed by atoms with E-state index in [-0.39, 0.29) is 24.1 Å². The summed E-state index contributed by atoms with van der Waals surface area (Å²) in [6, 6.07) is 24.8.